The predicted molar refractivity (Wildman–Crippen MR) is 102 cm³/mol. The van der Waals surface area contributed by atoms with E-state index in [0.29, 0.717) is 19.3 Å². The molecule has 0 heterocycles. The molecule has 0 aliphatic carbocycles. The van der Waals surface area contributed by atoms with Crippen LogP contribution in [0.1, 0.15) is 30.9 Å². The number of amides is 1. The average molecular weight is 351 g/mol. The molecule has 0 fully saturated rings. The summed E-state index contributed by atoms with van der Waals surface area (Å²) in [4.78, 5) is 36.0. The minimum Gasteiger partial charge on any atom is -0.349 e. The molecule has 0 unspecified atom stereocenters. The van der Waals surface area contributed by atoms with Crippen molar-refractivity contribution in [2.24, 2.45) is 5.92 Å². The van der Waals surface area contributed by atoms with Crippen molar-refractivity contribution in [3.63, 3.8) is 0 Å². The Morgan fingerprint density at radius 1 is 0.885 bits per heavy atom. The second-order valence-corrected chi connectivity index (χ2v) is 6.53. The second kappa shape index (κ2) is 10.3. The van der Waals surface area contributed by atoms with Crippen LogP contribution in [0.3, 0.4) is 0 Å². The summed E-state index contributed by atoms with van der Waals surface area (Å²) in [6.07, 6.45) is 1.72. The van der Waals surface area contributed by atoms with E-state index in [2.05, 4.69) is 5.32 Å². The first-order valence-electron chi connectivity index (χ1n) is 8.91. The van der Waals surface area contributed by atoms with Gasteiger partial charge < -0.3 is 10.1 Å². The lowest BCUT2D eigenvalue weighted by molar-refractivity contribution is -0.130. The summed E-state index contributed by atoms with van der Waals surface area (Å²) in [5.41, 5.74) is 2.11. The molecule has 0 saturated heterocycles. The number of rotatable bonds is 10. The normalized spacial score (nSPS) is 11.6. The monoisotopic (exact) mass is 351 g/mol. The number of nitrogens with one attached hydrogen (secondary N) is 1. The molecule has 1 atom stereocenters. The number of hydrogen-bond donors (Lipinski definition) is 1. The third kappa shape index (κ3) is 7.01. The van der Waals surface area contributed by atoms with Crippen LogP contribution in [0.25, 0.3) is 0 Å². The number of benzene rings is 2. The maximum Gasteiger partial charge on any atom is 0.224 e. The number of hydrogen-bond acceptors (Lipinski definition) is 3. The van der Waals surface area contributed by atoms with Gasteiger partial charge in [0.1, 0.15) is 5.78 Å². The van der Waals surface area contributed by atoms with Gasteiger partial charge in [-0.05, 0) is 30.9 Å². The molecule has 2 aromatic carbocycles. The average Bonchev–Trinajstić information content (AvgIpc) is 2.65. The number of ketones is 2. The van der Waals surface area contributed by atoms with Crippen molar-refractivity contribution in [3.8, 4) is 0 Å². The number of aryl methyl sites for hydroxylation is 1. The van der Waals surface area contributed by atoms with E-state index >= 15 is 0 Å². The predicted octanol–water partition coefficient (Wildman–Crippen LogP) is 3.14. The molecule has 0 aliphatic heterocycles. The van der Waals surface area contributed by atoms with E-state index in [9.17, 15) is 14.4 Å². The van der Waals surface area contributed by atoms with Crippen LogP contribution < -0.4 is 5.32 Å². The fourth-order valence-corrected chi connectivity index (χ4v) is 2.85. The van der Waals surface area contributed by atoms with Gasteiger partial charge in [-0.3, -0.25) is 9.59 Å². The zero-order valence-corrected chi connectivity index (χ0v) is 15.1. The quantitative estimate of drug-likeness (QED) is 0.715. The third-order valence-electron chi connectivity index (χ3n) is 4.22. The Bertz CT molecular complexity index is 726. The fraction of sp³-hybridized carbons (Fsp3) is 0.318. The molecule has 0 aliphatic rings. The minimum absolute atomic E-state index is 0.00879. The van der Waals surface area contributed by atoms with Crippen molar-refractivity contribution in [3.05, 3.63) is 71.8 Å². The van der Waals surface area contributed by atoms with Crippen molar-refractivity contribution in [1.29, 1.82) is 0 Å². The summed E-state index contributed by atoms with van der Waals surface area (Å²) in [7, 11) is 0. The largest absolute Gasteiger partial charge is 0.349 e. The molecule has 1 amide bonds. The van der Waals surface area contributed by atoms with Gasteiger partial charge in [0.2, 0.25) is 5.91 Å². The molecule has 4 nitrogen and oxygen atoms in total. The Morgan fingerprint density at radius 2 is 1.46 bits per heavy atom. The Labute approximate surface area is 154 Å². The Balaban J connectivity index is 1.83. The van der Waals surface area contributed by atoms with E-state index in [1.807, 2.05) is 60.7 Å². The SMILES string of the molecule is CC(=O)C[C@@H](Cc1ccccc1)C(=O)NCC(=O)CCc1ccccc1. The van der Waals surface area contributed by atoms with E-state index in [4.69, 9.17) is 0 Å². The van der Waals surface area contributed by atoms with Gasteiger partial charge in [-0.1, -0.05) is 60.7 Å². The van der Waals surface area contributed by atoms with Crippen LogP contribution in [-0.2, 0) is 27.2 Å². The fourth-order valence-electron chi connectivity index (χ4n) is 2.85. The molecule has 1 N–H and O–H groups in total. The van der Waals surface area contributed by atoms with Gasteiger partial charge in [0.05, 0.1) is 6.54 Å². The molecule has 2 aromatic rings. The molecule has 26 heavy (non-hydrogen) atoms. The van der Waals surface area contributed by atoms with Crippen molar-refractivity contribution in [2.75, 3.05) is 6.54 Å². The van der Waals surface area contributed by atoms with Crippen molar-refractivity contribution < 1.29 is 14.4 Å². The Hall–Kier alpha value is -2.75. The topological polar surface area (TPSA) is 63.2 Å². The second-order valence-electron chi connectivity index (χ2n) is 6.53. The highest BCUT2D eigenvalue weighted by atomic mass is 16.2. The lowest BCUT2D eigenvalue weighted by Gasteiger charge is -2.15. The first kappa shape index (κ1) is 19.6. The number of carbonyl (C=O) groups excluding carboxylic acids is 3. The maximum atomic E-state index is 12.4. The van der Waals surface area contributed by atoms with Crippen molar-refractivity contribution in [2.45, 2.75) is 32.6 Å². The van der Waals surface area contributed by atoms with Crippen LogP contribution >= 0.6 is 0 Å². The highest BCUT2D eigenvalue weighted by molar-refractivity contribution is 5.89. The molecule has 0 saturated carbocycles. The molecule has 0 radical (unpaired) electrons. The Kier molecular flexibility index (Phi) is 7.75. The summed E-state index contributed by atoms with van der Waals surface area (Å²) >= 11 is 0. The van der Waals surface area contributed by atoms with Crippen LogP contribution in [0.4, 0.5) is 0 Å². The summed E-state index contributed by atoms with van der Waals surface area (Å²) in [6, 6.07) is 19.4. The summed E-state index contributed by atoms with van der Waals surface area (Å²) in [6.45, 7) is 1.49. The molecule has 0 bridgehead atoms. The molecular weight excluding hydrogens is 326 g/mol. The molecule has 2 rings (SSSR count). The van der Waals surface area contributed by atoms with Gasteiger partial charge in [0, 0.05) is 18.8 Å². The lowest BCUT2D eigenvalue weighted by atomic mass is 9.93. The minimum atomic E-state index is -0.447. The molecule has 0 aromatic heterocycles. The zero-order valence-electron chi connectivity index (χ0n) is 15.1. The van der Waals surface area contributed by atoms with Crippen LogP contribution in [-0.4, -0.2) is 24.0 Å². The zero-order chi connectivity index (χ0) is 18.8. The van der Waals surface area contributed by atoms with Gasteiger partial charge >= 0.3 is 0 Å². The van der Waals surface area contributed by atoms with Crippen LogP contribution in [0, 0.1) is 5.92 Å². The maximum absolute atomic E-state index is 12.4. The van der Waals surface area contributed by atoms with E-state index in [1.54, 1.807) is 0 Å². The van der Waals surface area contributed by atoms with Gasteiger partial charge in [0.25, 0.3) is 0 Å². The Morgan fingerprint density at radius 3 is 2.04 bits per heavy atom. The summed E-state index contributed by atoms with van der Waals surface area (Å²) < 4.78 is 0. The van der Waals surface area contributed by atoms with Crippen LogP contribution in [0.2, 0.25) is 0 Å². The highest BCUT2D eigenvalue weighted by Gasteiger charge is 2.21. The first-order chi connectivity index (χ1) is 12.5. The van der Waals surface area contributed by atoms with Crippen LogP contribution in [0.5, 0.6) is 0 Å². The van der Waals surface area contributed by atoms with E-state index in [0.717, 1.165) is 11.1 Å². The molecule has 0 spiro atoms. The van der Waals surface area contributed by atoms with Gasteiger partial charge in [-0.15, -0.1) is 0 Å². The van der Waals surface area contributed by atoms with Crippen molar-refractivity contribution >= 4 is 17.5 Å². The van der Waals surface area contributed by atoms with E-state index < -0.39 is 5.92 Å². The molecular formula is C22H25NO3. The molecule has 4 heteroatoms. The standard InChI is InChI=1S/C22H25NO3/c1-17(24)14-20(15-19-10-6-3-7-11-19)22(26)23-16-21(25)13-12-18-8-4-2-5-9-18/h2-11,20H,12-16H2,1H3,(H,23,26)/t20-/m0/s1. The first-order valence-corrected chi connectivity index (χ1v) is 8.91. The smallest absolute Gasteiger partial charge is 0.224 e. The van der Waals surface area contributed by atoms with E-state index in [-0.39, 0.29) is 30.4 Å². The van der Waals surface area contributed by atoms with E-state index in [1.165, 1.54) is 6.92 Å². The number of carbonyl (C=O) groups is 3. The van der Waals surface area contributed by atoms with Crippen molar-refractivity contribution in [1.82, 2.24) is 5.32 Å². The highest BCUT2D eigenvalue weighted by Crippen LogP contribution is 2.13. The molecule has 136 valence electrons. The van der Waals surface area contributed by atoms with Gasteiger partial charge in [-0.25, -0.2) is 0 Å². The third-order valence-corrected chi connectivity index (χ3v) is 4.22. The summed E-state index contributed by atoms with van der Waals surface area (Å²) in [5.74, 6) is -0.728. The van der Waals surface area contributed by atoms with Gasteiger partial charge in [-0.2, -0.15) is 0 Å². The summed E-state index contributed by atoms with van der Waals surface area (Å²) in [5, 5.41) is 2.70. The van der Waals surface area contributed by atoms with Crippen LogP contribution in [0.15, 0.2) is 60.7 Å². The van der Waals surface area contributed by atoms with Gasteiger partial charge in [0.15, 0.2) is 5.78 Å². The lowest BCUT2D eigenvalue weighted by Crippen LogP contribution is -2.36. The number of Topliss-reactive ketones (excluding diaryl/α,β-unsaturated/α-hetero) is 2.